The summed E-state index contributed by atoms with van der Waals surface area (Å²) in [5.41, 5.74) is 4.28. The molecule has 0 radical (unpaired) electrons. The van der Waals surface area contributed by atoms with E-state index in [1.165, 1.54) is 3.57 Å². The summed E-state index contributed by atoms with van der Waals surface area (Å²) in [4.78, 5) is 4.67. The highest BCUT2D eigenvalue weighted by Crippen LogP contribution is 2.25. The summed E-state index contributed by atoms with van der Waals surface area (Å²) in [7, 11) is 0. The first-order valence-electron chi connectivity index (χ1n) is 5.88. The molecule has 2 heterocycles. The van der Waals surface area contributed by atoms with Crippen LogP contribution in [0.3, 0.4) is 0 Å². The van der Waals surface area contributed by atoms with Crippen molar-refractivity contribution in [2.45, 2.75) is 13.8 Å². The third-order valence-electron chi connectivity index (χ3n) is 2.82. The van der Waals surface area contributed by atoms with Crippen LogP contribution in [0.4, 0.5) is 0 Å². The molecular weight excluding hydrogens is 369 g/mol. The number of rotatable bonds is 2. The van der Waals surface area contributed by atoms with E-state index in [1.54, 1.807) is 11.3 Å². The number of halogens is 1. The van der Waals surface area contributed by atoms with Crippen molar-refractivity contribution >= 4 is 33.9 Å². The average molecular weight is 381 g/mol. The van der Waals surface area contributed by atoms with Crippen molar-refractivity contribution in [3.8, 4) is 16.4 Å². The second kappa shape index (κ2) is 5.05. The first kappa shape index (κ1) is 12.8. The molecule has 0 saturated heterocycles. The van der Waals surface area contributed by atoms with Gasteiger partial charge in [0.25, 0.3) is 0 Å². The maximum absolute atomic E-state index is 4.67. The number of hydrogen-bond acceptors (Lipinski definition) is 3. The van der Waals surface area contributed by atoms with Gasteiger partial charge in [-0.25, -0.2) is 9.67 Å². The predicted molar refractivity (Wildman–Crippen MR) is 86.9 cm³/mol. The quantitative estimate of drug-likeness (QED) is 0.623. The number of benzene rings is 1. The molecule has 96 valence electrons. The van der Waals surface area contributed by atoms with Crippen LogP contribution in [-0.4, -0.2) is 14.8 Å². The van der Waals surface area contributed by atoms with E-state index in [0.717, 1.165) is 27.8 Å². The summed E-state index contributed by atoms with van der Waals surface area (Å²) < 4.78 is 3.13. The van der Waals surface area contributed by atoms with Crippen LogP contribution in [-0.2, 0) is 0 Å². The molecule has 0 amide bonds. The molecule has 0 bridgehead atoms. The Morgan fingerprint density at radius 1 is 1.16 bits per heavy atom. The van der Waals surface area contributed by atoms with Gasteiger partial charge >= 0.3 is 0 Å². The average Bonchev–Trinajstić information content (AvgIpc) is 2.97. The van der Waals surface area contributed by atoms with Crippen molar-refractivity contribution in [3.63, 3.8) is 0 Å². The van der Waals surface area contributed by atoms with Gasteiger partial charge in [-0.1, -0.05) is 12.1 Å². The van der Waals surface area contributed by atoms with Gasteiger partial charge in [0.1, 0.15) is 0 Å². The van der Waals surface area contributed by atoms with E-state index >= 15 is 0 Å². The van der Waals surface area contributed by atoms with Gasteiger partial charge in [0.15, 0.2) is 0 Å². The molecule has 2 aromatic heterocycles. The fourth-order valence-electron chi connectivity index (χ4n) is 1.94. The van der Waals surface area contributed by atoms with E-state index in [-0.39, 0.29) is 0 Å². The summed E-state index contributed by atoms with van der Waals surface area (Å²) >= 11 is 3.92. The van der Waals surface area contributed by atoms with E-state index in [2.05, 4.69) is 68.4 Å². The molecule has 0 aliphatic heterocycles. The molecule has 0 aliphatic carbocycles. The highest BCUT2D eigenvalue weighted by molar-refractivity contribution is 14.1. The first-order chi connectivity index (χ1) is 9.13. The minimum atomic E-state index is 0.916. The molecule has 5 heteroatoms. The Labute approximate surface area is 129 Å². The van der Waals surface area contributed by atoms with Crippen LogP contribution in [0, 0.1) is 17.4 Å². The minimum Gasteiger partial charge on any atom is -0.218 e. The van der Waals surface area contributed by atoms with E-state index in [1.807, 2.05) is 18.5 Å². The number of nitrogens with zero attached hydrogens (tertiary/aromatic N) is 3. The first-order valence-corrected chi connectivity index (χ1v) is 7.84. The maximum atomic E-state index is 4.67. The fraction of sp³-hybridized carbons (Fsp3) is 0.143. The number of thiazole rings is 1. The van der Waals surface area contributed by atoms with Crippen LogP contribution in [0.1, 0.15) is 11.4 Å². The molecule has 0 N–H and O–H groups in total. The molecule has 0 unspecified atom stereocenters. The zero-order valence-corrected chi connectivity index (χ0v) is 13.6. The van der Waals surface area contributed by atoms with Crippen molar-refractivity contribution in [1.82, 2.24) is 14.8 Å². The summed E-state index contributed by atoms with van der Waals surface area (Å²) in [5.74, 6) is 0. The fourth-order valence-corrected chi connectivity index (χ4v) is 3.14. The maximum Gasteiger partial charge on any atom is 0.211 e. The largest absolute Gasteiger partial charge is 0.218 e. The smallest absolute Gasteiger partial charge is 0.211 e. The third kappa shape index (κ3) is 2.57. The molecule has 3 aromatic rings. The highest BCUT2D eigenvalue weighted by Gasteiger charge is 2.09. The normalized spacial score (nSPS) is 10.9. The van der Waals surface area contributed by atoms with Crippen LogP contribution < -0.4 is 0 Å². The number of hydrogen-bond donors (Lipinski definition) is 0. The van der Waals surface area contributed by atoms with E-state index in [4.69, 9.17) is 0 Å². The predicted octanol–water partition coefficient (Wildman–Crippen LogP) is 4.22. The van der Waals surface area contributed by atoms with Gasteiger partial charge < -0.3 is 0 Å². The minimum absolute atomic E-state index is 0.916. The molecule has 3 rings (SSSR count). The third-order valence-corrected chi connectivity index (χ3v) is 4.36. The summed E-state index contributed by atoms with van der Waals surface area (Å²) in [6.45, 7) is 4.04. The zero-order valence-electron chi connectivity index (χ0n) is 10.6. The Morgan fingerprint density at radius 3 is 2.53 bits per heavy atom. The van der Waals surface area contributed by atoms with Crippen LogP contribution >= 0.6 is 33.9 Å². The molecule has 3 nitrogen and oxygen atoms in total. The van der Waals surface area contributed by atoms with Crippen molar-refractivity contribution < 1.29 is 0 Å². The molecule has 0 saturated carbocycles. The van der Waals surface area contributed by atoms with Crippen LogP contribution in [0.2, 0.25) is 0 Å². The Hall–Kier alpha value is -1.21. The Kier molecular flexibility index (Phi) is 3.40. The van der Waals surface area contributed by atoms with Gasteiger partial charge in [0.2, 0.25) is 5.13 Å². The van der Waals surface area contributed by atoms with Gasteiger partial charge in [0, 0.05) is 20.2 Å². The van der Waals surface area contributed by atoms with Gasteiger partial charge in [-0.3, -0.25) is 0 Å². The summed E-state index contributed by atoms with van der Waals surface area (Å²) in [6.07, 6.45) is 0. The lowest BCUT2D eigenvalue weighted by Crippen LogP contribution is -1.98. The molecular formula is C14H12IN3S. The molecule has 0 spiro atoms. The highest BCUT2D eigenvalue weighted by atomic mass is 127. The van der Waals surface area contributed by atoms with Crippen LogP contribution in [0.25, 0.3) is 16.4 Å². The lowest BCUT2D eigenvalue weighted by Gasteiger charge is -1.98. The monoisotopic (exact) mass is 381 g/mol. The Bertz CT molecular complexity index is 713. The zero-order chi connectivity index (χ0) is 13.4. The van der Waals surface area contributed by atoms with Crippen molar-refractivity contribution in [3.05, 3.63) is 50.7 Å². The van der Waals surface area contributed by atoms with E-state index in [9.17, 15) is 0 Å². The number of aromatic nitrogens is 3. The molecule has 0 atom stereocenters. The van der Waals surface area contributed by atoms with Gasteiger partial charge in [0.05, 0.1) is 11.4 Å². The van der Waals surface area contributed by atoms with Gasteiger partial charge in [-0.15, -0.1) is 11.3 Å². The lowest BCUT2D eigenvalue weighted by molar-refractivity contribution is 0.826. The second-order valence-corrected chi connectivity index (χ2v) is 6.44. The molecule has 1 aromatic carbocycles. The Balaban J connectivity index is 1.99. The van der Waals surface area contributed by atoms with Crippen LogP contribution in [0.15, 0.2) is 35.7 Å². The number of aryl methyl sites for hydroxylation is 2. The topological polar surface area (TPSA) is 30.7 Å². The van der Waals surface area contributed by atoms with Crippen LogP contribution in [0.5, 0.6) is 0 Å². The van der Waals surface area contributed by atoms with Crippen molar-refractivity contribution in [2.75, 3.05) is 0 Å². The van der Waals surface area contributed by atoms with Crippen molar-refractivity contribution in [2.24, 2.45) is 0 Å². The standard InChI is InChI=1S/C14H12IN3S/c1-9-7-10(2)18(17-9)14-16-13(8-19-14)11-3-5-12(15)6-4-11/h3-8H,1-2H3. The SMILES string of the molecule is Cc1cc(C)n(-c2nc(-c3ccc(I)cc3)cs2)n1. The van der Waals surface area contributed by atoms with Gasteiger partial charge in [-0.05, 0) is 54.6 Å². The lowest BCUT2D eigenvalue weighted by atomic mass is 10.2. The van der Waals surface area contributed by atoms with E-state index < -0.39 is 0 Å². The van der Waals surface area contributed by atoms with E-state index in [0.29, 0.717) is 0 Å². The van der Waals surface area contributed by atoms with Gasteiger partial charge in [-0.2, -0.15) is 5.10 Å². The summed E-state index contributed by atoms with van der Waals surface area (Å²) in [6, 6.07) is 10.5. The second-order valence-electron chi connectivity index (χ2n) is 4.36. The molecule has 19 heavy (non-hydrogen) atoms. The van der Waals surface area contributed by atoms with Crippen molar-refractivity contribution in [1.29, 1.82) is 0 Å². The molecule has 0 fully saturated rings. The molecule has 0 aliphatic rings. The Morgan fingerprint density at radius 2 is 1.89 bits per heavy atom. The summed E-state index contributed by atoms with van der Waals surface area (Å²) in [5, 5.41) is 7.46.